The van der Waals surface area contributed by atoms with Crippen molar-refractivity contribution in [2.45, 2.75) is 32.8 Å². The lowest BCUT2D eigenvalue weighted by Gasteiger charge is -2.26. The predicted molar refractivity (Wildman–Crippen MR) is 125 cm³/mol. The number of anilines is 1. The van der Waals surface area contributed by atoms with E-state index in [9.17, 15) is 4.79 Å². The molecule has 2 heterocycles. The van der Waals surface area contributed by atoms with Crippen LogP contribution in [0, 0.1) is 0 Å². The highest BCUT2D eigenvalue weighted by Gasteiger charge is 2.31. The van der Waals surface area contributed by atoms with Crippen LogP contribution in [0.25, 0.3) is 15.5 Å². The second kappa shape index (κ2) is 8.76. The number of hydrogen-bond acceptors (Lipinski definition) is 7. The van der Waals surface area contributed by atoms with Crippen molar-refractivity contribution in [1.29, 1.82) is 0 Å². The van der Waals surface area contributed by atoms with Crippen LogP contribution in [-0.4, -0.2) is 38.4 Å². The van der Waals surface area contributed by atoms with Crippen molar-refractivity contribution in [3.8, 4) is 22.1 Å². The van der Waals surface area contributed by atoms with Gasteiger partial charge in [-0.3, -0.25) is 4.79 Å². The molecule has 0 aliphatic rings. The number of nitrogens with zero attached hydrogens (tertiary/aromatic N) is 4. The third-order valence-corrected chi connectivity index (χ3v) is 6.00. The van der Waals surface area contributed by atoms with Crippen molar-refractivity contribution in [3.05, 3.63) is 53.3 Å². The first-order valence-corrected chi connectivity index (χ1v) is 11.2. The molecule has 8 nitrogen and oxygen atoms in total. The molecule has 0 unspecified atom stereocenters. The molecule has 0 bridgehead atoms. The second-order valence-electron chi connectivity index (χ2n) is 7.51. The van der Waals surface area contributed by atoms with Gasteiger partial charge in [0.25, 0.3) is 5.91 Å². The number of nitrogens with one attached hydrogen (secondary N) is 1. The summed E-state index contributed by atoms with van der Waals surface area (Å²) in [7, 11) is 1.55. The minimum atomic E-state index is -1.14. The number of fused-ring (bicyclic) bond motifs is 1. The number of aromatic nitrogens is 4. The molecule has 2 aromatic heterocycles. The summed E-state index contributed by atoms with van der Waals surface area (Å²) in [6.45, 7) is 5.40. The van der Waals surface area contributed by atoms with E-state index in [1.807, 2.05) is 19.1 Å². The number of ether oxygens (including phenoxy) is 2. The molecule has 10 heteroatoms. The summed E-state index contributed by atoms with van der Waals surface area (Å²) >= 11 is 7.35. The lowest BCUT2D eigenvalue weighted by molar-refractivity contribution is -0.128. The average molecular weight is 472 g/mol. The van der Waals surface area contributed by atoms with Crippen LogP contribution in [-0.2, 0) is 11.2 Å². The van der Waals surface area contributed by atoms with Crippen LogP contribution in [0.1, 0.15) is 26.6 Å². The Morgan fingerprint density at radius 3 is 2.62 bits per heavy atom. The summed E-state index contributed by atoms with van der Waals surface area (Å²) in [6.07, 6.45) is 0.733. The molecule has 1 amide bonds. The number of benzene rings is 2. The van der Waals surface area contributed by atoms with E-state index < -0.39 is 5.60 Å². The topological polar surface area (TPSA) is 90.6 Å². The first-order valence-electron chi connectivity index (χ1n) is 9.96. The molecular weight excluding hydrogens is 450 g/mol. The summed E-state index contributed by atoms with van der Waals surface area (Å²) < 4.78 is 13.1. The molecule has 166 valence electrons. The number of methoxy groups -OCH3 is 1. The van der Waals surface area contributed by atoms with Crippen molar-refractivity contribution in [2.24, 2.45) is 0 Å². The Bertz CT molecular complexity index is 1270. The number of rotatable bonds is 7. The highest BCUT2D eigenvalue weighted by Crippen LogP contribution is 2.33. The van der Waals surface area contributed by atoms with E-state index >= 15 is 0 Å². The first kappa shape index (κ1) is 22.0. The number of amides is 1. The Labute approximate surface area is 194 Å². The minimum absolute atomic E-state index is 0.325. The molecule has 4 aromatic rings. The van der Waals surface area contributed by atoms with Gasteiger partial charge in [-0.2, -0.15) is 9.61 Å². The number of hydrogen-bond donors (Lipinski definition) is 1. The van der Waals surface area contributed by atoms with Crippen LogP contribution in [0.4, 0.5) is 5.69 Å². The molecule has 2 aromatic carbocycles. The molecule has 0 saturated heterocycles. The maximum absolute atomic E-state index is 13.1. The Hall–Kier alpha value is -3.17. The van der Waals surface area contributed by atoms with E-state index in [0.717, 1.165) is 27.8 Å². The van der Waals surface area contributed by atoms with Crippen LogP contribution in [0.3, 0.4) is 0 Å². The van der Waals surface area contributed by atoms with Gasteiger partial charge in [-0.15, -0.1) is 10.2 Å². The molecule has 0 saturated carbocycles. The minimum Gasteiger partial charge on any atom is -0.495 e. The number of halogens is 1. The zero-order valence-electron chi connectivity index (χ0n) is 18.0. The molecule has 0 spiro atoms. The van der Waals surface area contributed by atoms with Crippen molar-refractivity contribution in [1.82, 2.24) is 19.8 Å². The molecule has 4 rings (SSSR count). The van der Waals surface area contributed by atoms with Crippen LogP contribution >= 0.6 is 22.9 Å². The van der Waals surface area contributed by atoms with Gasteiger partial charge in [0.1, 0.15) is 16.5 Å². The number of carbonyl (C=O) groups excluding carboxylic acids is 1. The fourth-order valence-electron chi connectivity index (χ4n) is 3.05. The Morgan fingerprint density at radius 2 is 1.94 bits per heavy atom. The van der Waals surface area contributed by atoms with Crippen molar-refractivity contribution < 1.29 is 14.3 Å². The van der Waals surface area contributed by atoms with Crippen LogP contribution in [0.2, 0.25) is 5.02 Å². The van der Waals surface area contributed by atoms with Gasteiger partial charge >= 0.3 is 0 Å². The van der Waals surface area contributed by atoms with Gasteiger partial charge in [0.05, 0.1) is 12.8 Å². The molecular formula is C22H22ClN5O3S. The summed E-state index contributed by atoms with van der Waals surface area (Å²) in [5, 5.41) is 17.2. The predicted octanol–water partition coefficient (Wildman–Crippen LogP) is 4.87. The monoisotopic (exact) mass is 471 g/mol. The van der Waals surface area contributed by atoms with E-state index in [2.05, 4.69) is 20.6 Å². The van der Waals surface area contributed by atoms with Crippen molar-refractivity contribution in [2.75, 3.05) is 12.4 Å². The maximum atomic E-state index is 13.1. The molecule has 0 atom stereocenters. The molecule has 32 heavy (non-hydrogen) atoms. The highest BCUT2D eigenvalue weighted by molar-refractivity contribution is 7.19. The van der Waals surface area contributed by atoms with Gasteiger partial charge in [-0.05, 0) is 56.3 Å². The summed E-state index contributed by atoms with van der Waals surface area (Å²) in [5.41, 5.74) is 0.206. The smallest absolute Gasteiger partial charge is 0.268 e. The lowest BCUT2D eigenvalue weighted by Crippen LogP contribution is -2.42. The molecule has 0 aliphatic carbocycles. The van der Waals surface area contributed by atoms with Gasteiger partial charge < -0.3 is 14.8 Å². The maximum Gasteiger partial charge on any atom is 0.268 e. The Balaban J connectivity index is 1.59. The quantitative estimate of drug-likeness (QED) is 0.413. The Morgan fingerprint density at radius 1 is 1.19 bits per heavy atom. The van der Waals surface area contributed by atoms with E-state index in [4.69, 9.17) is 21.1 Å². The zero-order valence-corrected chi connectivity index (χ0v) is 19.6. The third kappa shape index (κ3) is 4.39. The first-order chi connectivity index (χ1) is 15.3. The van der Waals surface area contributed by atoms with E-state index in [1.165, 1.54) is 11.3 Å². The average Bonchev–Trinajstić information content (AvgIpc) is 3.36. The summed E-state index contributed by atoms with van der Waals surface area (Å²) in [5.74, 6) is 1.54. The van der Waals surface area contributed by atoms with Gasteiger partial charge in [0.2, 0.25) is 4.96 Å². The van der Waals surface area contributed by atoms with Crippen molar-refractivity contribution in [3.63, 3.8) is 0 Å². The van der Waals surface area contributed by atoms with Gasteiger partial charge in [0.15, 0.2) is 11.4 Å². The van der Waals surface area contributed by atoms with E-state index in [-0.39, 0.29) is 5.91 Å². The van der Waals surface area contributed by atoms with Crippen LogP contribution < -0.4 is 14.8 Å². The van der Waals surface area contributed by atoms with Crippen LogP contribution in [0.15, 0.2) is 42.5 Å². The van der Waals surface area contributed by atoms with E-state index in [1.54, 1.807) is 55.8 Å². The number of aryl methyl sites for hydroxylation is 1. The largest absolute Gasteiger partial charge is 0.495 e. The summed E-state index contributed by atoms with van der Waals surface area (Å²) in [6, 6.07) is 12.4. The molecule has 0 fully saturated rings. The normalized spacial score (nSPS) is 11.5. The Kier molecular flexibility index (Phi) is 6.03. The standard InChI is InChI=1S/C22H22ClN5O3S/c1-5-18-25-26-21-28(18)27-19(32-21)13-6-11-17(30-4)16(12-13)24-20(29)22(2,3)31-15-9-7-14(23)8-10-15/h6-12H,5H2,1-4H3,(H,24,29). The SMILES string of the molecule is CCc1nnc2sc(-c3ccc(OC)c(NC(=O)C(C)(C)Oc4ccc(Cl)cc4)c3)nn12. The van der Waals surface area contributed by atoms with Gasteiger partial charge in [-0.25, -0.2) is 0 Å². The second-order valence-corrected chi connectivity index (χ2v) is 8.90. The van der Waals surface area contributed by atoms with E-state index in [0.29, 0.717) is 22.2 Å². The fourth-order valence-corrected chi connectivity index (χ4v) is 4.03. The highest BCUT2D eigenvalue weighted by atomic mass is 35.5. The lowest BCUT2D eigenvalue weighted by atomic mass is 10.1. The summed E-state index contributed by atoms with van der Waals surface area (Å²) in [4.78, 5) is 13.8. The van der Waals surface area contributed by atoms with Crippen LogP contribution in [0.5, 0.6) is 11.5 Å². The van der Waals surface area contributed by atoms with Gasteiger partial charge in [-0.1, -0.05) is 29.9 Å². The van der Waals surface area contributed by atoms with Crippen molar-refractivity contribution >= 4 is 39.5 Å². The number of carbonyl (C=O) groups is 1. The third-order valence-electron chi connectivity index (χ3n) is 4.80. The zero-order chi connectivity index (χ0) is 22.9. The molecule has 0 radical (unpaired) electrons. The molecule has 1 N–H and O–H groups in total. The van der Waals surface area contributed by atoms with Gasteiger partial charge in [0, 0.05) is 17.0 Å². The molecule has 0 aliphatic heterocycles. The fraction of sp³-hybridized carbons (Fsp3) is 0.273.